The smallest absolute Gasteiger partial charge is 0.463 e. The SMILES string of the molecule is CC(C)OC(=O)C[C@H](C)NP(=O)(Oc1ccccc1)Oc1ccc([N+](=O)[O-])cc1. The molecule has 156 valence electrons. The van der Waals surface area contributed by atoms with Gasteiger partial charge in [-0.15, -0.1) is 0 Å². The summed E-state index contributed by atoms with van der Waals surface area (Å²) in [7, 11) is -3.98. The molecule has 0 fully saturated rings. The van der Waals surface area contributed by atoms with Gasteiger partial charge in [0.15, 0.2) is 0 Å². The number of benzene rings is 2. The summed E-state index contributed by atoms with van der Waals surface area (Å²) in [6.07, 6.45) is -0.317. The van der Waals surface area contributed by atoms with Crippen LogP contribution in [0.15, 0.2) is 54.6 Å². The van der Waals surface area contributed by atoms with Crippen LogP contribution in [-0.2, 0) is 14.1 Å². The van der Waals surface area contributed by atoms with Crippen LogP contribution < -0.4 is 14.1 Å². The van der Waals surface area contributed by atoms with Gasteiger partial charge >= 0.3 is 13.7 Å². The van der Waals surface area contributed by atoms with Crippen LogP contribution in [-0.4, -0.2) is 23.0 Å². The second kappa shape index (κ2) is 10.0. The number of rotatable bonds is 10. The van der Waals surface area contributed by atoms with Crippen molar-refractivity contribution in [2.45, 2.75) is 39.3 Å². The van der Waals surface area contributed by atoms with E-state index in [1.807, 2.05) is 0 Å². The predicted molar refractivity (Wildman–Crippen MR) is 107 cm³/mol. The molecule has 0 radical (unpaired) electrons. The number of ether oxygens (including phenoxy) is 1. The molecule has 29 heavy (non-hydrogen) atoms. The van der Waals surface area contributed by atoms with Gasteiger partial charge in [0, 0.05) is 18.2 Å². The highest BCUT2D eigenvalue weighted by atomic mass is 31.2. The number of nitrogens with zero attached hydrogens (tertiary/aromatic N) is 1. The van der Waals surface area contributed by atoms with E-state index in [9.17, 15) is 19.5 Å². The summed E-state index contributed by atoms with van der Waals surface area (Å²) >= 11 is 0. The standard InChI is InChI=1S/C19H23N2O7P/c1-14(2)26-19(22)13-15(3)20-29(25,27-17-7-5-4-6-8-17)28-18-11-9-16(10-12-18)21(23)24/h4-12,14-15H,13H2,1-3H3,(H,20,25)/t15-,29?/m0/s1. The van der Waals surface area contributed by atoms with Gasteiger partial charge in [-0.3, -0.25) is 14.9 Å². The molecule has 2 aromatic carbocycles. The monoisotopic (exact) mass is 422 g/mol. The fourth-order valence-corrected chi connectivity index (χ4v) is 3.91. The maximum Gasteiger partial charge on any atom is 0.513 e. The Morgan fingerprint density at radius 3 is 2.10 bits per heavy atom. The van der Waals surface area contributed by atoms with Crippen molar-refractivity contribution in [1.82, 2.24) is 5.09 Å². The number of esters is 1. The lowest BCUT2D eigenvalue weighted by atomic mass is 10.2. The quantitative estimate of drug-likeness (QED) is 0.258. The van der Waals surface area contributed by atoms with Crippen molar-refractivity contribution >= 4 is 19.4 Å². The third kappa shape index (κ3) is 7.56. The van der Waals surface area contributed by atoms with Crippen molar-refractivity contribution in [1.29, 1.82) is 0 Å². The van der Waals surface area contributed by atoms with Crippen molar-refractivity contribution in [3.8, 4) is 11.5 Å². The van der Waals surface area contributed by atoms with Crippen LogP contribution >= 0.6 is 7.75 Å². The Hall–Kier alpha value is -2.90. The molecule has 1 N–H and O–H groups in total. The van der Waals surface area contributed by atoms with Gasteiger partial charge in [0.05, 0.1) is 17.4 Å². The maximum absolute atomic E-state index is 13.3. The van der Waals surface area contributed by atoms with Gasteiger partial charge in [0.25, 0.3) is 5.69 Å². The van der Waals surface area contributed by atoms with Crippen LogP contribution in [0.25, 0.3) is 0 Å². The van der Waals surface area contributed by atoms with E-state index < -0.39 is 24.7 Å². The van der Waals surface area contributed by atoms with Gasteiger partial charge < -0.3 is 13.8 Å². The van der Waals surface area contributed by atoms with E-state index >= 15 is 0 Å². The Morgan fingerprint density at radius 2 is 1.59 bits per heavy atom. The van der Waals surface area contributed by atoms with Crippen molar-refractivity contribution in [3.63, 3.8) is 0 Å². The van der Waals surface area contributed by atoms with Crippen LogP contribution in [0.4, 0.5) is 5.69 Å². The molecule has 0 amide bonds. The summed E-state index contributed by atoms with van der Waals surface area (Å²) in [6.45, 7) is 5.11. The molecule has 0 heterocycles. The van der Waals surface area contributed by atoms with E-state index in [-0.39, 0.29) is 24.0 Å². The Labute approximate surface area is 168 Å². The van der Waals surface area contributed by atoms with Gasteiger partial charge in [0.1, 0.15) is 11.5 Å². The molecule has 0 saturated carbocycles. The van der Waals surface area contributed by atoms with E-state index in [1.165, 1.54) is 24.3 Å². The number of carbonyl (C=O) groups excluding carboxylic acids is 1. The van der Waals surface area contributed by atoms with Gasteiger partial charge in [-0.1, -0.05) is 18.2 Å². The van der Waals surface area contributed by atoms with E-state index in [0.29, 0.717) is 5.75 Å². The highest BCUT2D eigenvalue weighted by Crippen LogP contribution is 2.45. The Balaban J connectivity index is 2.17. The van der Waals surface area contributed by atoms with E-state index in [2.05, 4.69) is 5.09 Å². The maximum atomic E-state index is 13.3. The first kappa shape index (κ1) is 22.4. The highest BCUT2D eigenvalue weighted by Gasteiger charge is 2.32. The Kier molecular flexibility index (Phi) is 7.75. The number of carbonyl (C=O) groups is 1. The largest absolute Gasteiger partial charge is 0.513 e. The Bertz CT molecular complexity index is 872. The van der Waals surface area contributed by atoms with Gasteiger partial charge in [0.2, 0.25) is 0 Å². The Morgan fingerprint density at radius 1 is 1.03 bits per heavy atom. The summed E-state index contributed by atoms with van der Waals surface area (Å²) in [6, 6.07) is 12.9. The molecule has 0 aliphatic heterocycles. The molecule has 2 atom stereocenters. The number of para-hydroxylation sites is 1. The summed E-state index contributed by atoms with van der Waals surface area (Å²) in [5.74, 6) is -0.0527. The van der Waals surface area contributed by atoms with Gasteiger partial charge in [-0.2, -0.15) is 5.09 Å². The van der Waals surface area contributed by atoms with Crippen molar-refractivity contribution in [2.75, 3.05) is 0 Å². The first-order valence-electron chi connectivity index (χ1n) is 8.93. The average molecular weight is 422 g/mol. The minimum Gasteiger partial charge on any atom is -0.463 e. The van der Waals surface area contributed by atoms with Crippen LogP contribution in [0.2, 0.25) is 0 Å². The first-order valence-corrected chi connectivity index (χ1v) is 10.5. The minimum atomic E-state index is -3.98. The highest BCUT2D eigenvalue weighted by molar-refractivity contribution is 7.52. The second-order valence-electron chi connectivity index (χ2n) is 6.52. The molecule has 2 rings (SSSR count). The van der Waals surface area contributed by atoms with Crippen molar-refractivity contribution in [3.05, 3.63) is 64.7 Å². The fraction of sp³-hybridized carbons (Fsp3) is 0.316. The van der Waals surface area contributed by atoms with Crippen molar-refractivity contribution in [2.24, 2.45) is 0 Å². The number of nitro groups is 1. The number of nitrogens with one attached hydrogen (secondary N) is 1. The molecule has 0 aromatic heterocycles. The zero-order valence-corrected chi connectivity index (χ0v) is 17.2. The molecule has 0 spiro atoms. The summed E-state index contributed by atoms with van der Waals surface area (Å²) in [5, 5.41) is 13.5. The number of nitro benzene ring substituents is 1. The summed E-state index contributed by atoms with van der Waals surface area (Å²) in [4.78, 5) is 22.1. The number of non-ortho nitro benzene ring substituents is 1. The number of hydrogen-bond donors (Lipinski definition) is 1. The molecule has 0 bridgehead atoms. The van der Waals surface area contributed by atoms with Gasteiger partial charge in [-0.05, 0) is 45.0 Å². The first-order chi connectivity index (χ1) is 13.7. The zero-order chi connectivity index (χ0) is 21.4. The van der Waals surface area contributed by atoms with Crippen LogP contribution in [0.1, 0.15) is 27.2 Å². The lowest BCUT2D eigenvalue weighted by Gasteiger charge is -2.23. The van der Waals surface area contributed by atoms with E-state index in [0.717, 1.165) is 0 Å². The topological polar surface area (TPSA) is 117 Å². The van der Waals surface area contributed by atoms with E-state index in [4.69, 9.17) is 13.8 Å². The second-order valence-corrected chi connectivity index (χ2v) is 8.14. The fourth-order valence-electron chi connectivity index (χ4n) is 2.34. The summed E-state index contributed by atoms with van der Waals surface area (Å²) in [5.41, 5.74) is -0.131. The van der Waals surface area contributed by atoms with E-state index in [1.54, 1.807) is 51.1 Å². The number of hydrogen-bond acceptors (Lipinski definition) is 7. The molecule has 2 aromatic rings. The van der Waals surface area contributed by atoms with Crippen LogP contribution in [0.5, 0.6) is 11.5 Å². The molecule has 0 aliphatic carbocycles. The molecular weight excluding hydrogens is 399 g/mol. The molecule has 10 heteroatoms. The van der Waals surface area contributed by atoms with Crippen molar-refractivity contribution < 1.29 is 28.1 Å². The molecule has 9 nitrogen and oxygen atoms in total. The lowest BCUT2D eigenvalue weighted by molar-refractivity contribution is -0.384. The molecular formula is C19H23N2O7P. The van der Waals surface area contributed by atoms with Gasteiger partial charge in [-0.25, -0.2) is 4.57 Å². The molecule has 1 unspecified atom stereocenters. The third-order valence-electron chi connectivity index (χ3n) is 3.46. The predicted octanol–water partition coefficient (Wildman–Crippen LogP) is 4.48. The zero-order valence-electron chi connectivity index (χ0n) is 16.3. The minimum absolute atomic E-state index is 0.0516. The molecule has 0 aliphatic rings. The van der Waals surface area contributed by atoms with Crippen LogP contribution in [0, 0.1) is 10.1 Å². The average Bonchev–Trinajstić information content (AvgIpc) is 2.61. The van der Waals surface area contributed by atoms with Crippen LogP contribution in [0.3, 0.4) is 0 Å². The third-order valence-corrected chi connectivity index (χ3v) is 5.12. The lowest BCUT2D eigenvalue weighted by Crippen LogP contribution is -2.31. The molecule has 0 saturated heterocycles. The summed E-state index contributed by atoms with van der Waals surface area (Å²) < 4.78 is 29.5. The normalized spacial score (nSPS) is 13.9.